The van der Waals surface area contributed by atoms with E-state index in [-0.39, 0.29) is 0 Å². The summed E-state index contributed by atoms with van der Waals surface area (Å²) in [5, 5.41) is 0. The number of unbranched alkanes of at least 4 members (excludes halogenated alkanes) is 18. The molecule has 0 aromatic rings. The summed E-state index contributed by atoms with van der Waals surface area (Å²) in [6, 6.07) is 0. The molecule has 0 spiro atoms. The maximum absolute atomic E-state index is 2.55. The van der Waals surface area contributed by atoms with Crippen LogP contribution in [0.2, 0.25) is 0 Å². The second kappa shape index (κ2) is 24.1. The Bertz CT molecular complexity index is 266. The normalized spacial score (nSPS) is 12.0. The van der Waals surface area contributed by atoms with Crippen LogP contribution in [-0.2, 0) is 0 Å². The molecule has 0 rings (SSSR count). The average Bonchev–Trinajstić information content (AvgIpc) is 2.76. The molecule has 0 saturated heterocycles. The Hall–Kier alpha value is 0.430. The number of hydrogen-bond donors (Lipinski definition) is 0. The van der Waals surface area contributed by atoms with Gasteiger partial charge in [0.1, 0.15) is 0 Å². The Balaban J connectivity index is 4.23. The molecule has 0 bridgehead atoms. The van der Waals surface area contributed by atoms with Gasteiger partial charge in [0.2, 0.25) is 0 Å². The maximum Gasteiger partial charge on any atom is 0.0594 e. The van der Waals surface area contributed by atoms with Gasteiger partial charge in [0, 0.05) is 7.26 Å². The summed E-state index contributed by atoms with van der Waals surface area (Å²) in [7, 11) is -0.661. The van der Waals surface area contributed by atoms with Gasteiger partial charge in [-0.3, -0.25) is 0 Å². The minimum atomic E-state index is -0.661. The van der Waals surface area contributed by atoms with E-state index in [2.05, 4.69) is 27.7 Å². The molecule has 30 heavy (non-hydrogen) atoms. The summed E-state index contributed by atoms with van der Waals surface area (Å²) in [5.41, 5.74) is 0. The molecule has 0 heterocycles. The topological polar surface area (TPSA) is 0 Å². The molecule has 0 N–H and O–H groups in total. The first-order valence-corrected chi connectivity index (χ1v) is 17.1. The summed E-state index contributed by atoms with van der Waals surface area (Å²) < 4.78 is 0. The Kier molecular flexibility index (Phi) is 24.4. The van der Waals surface area contributed by atoms with Crippen molar-refractivity contribution in [2.75, 3.05) is 24.6 Å². The largest absolute Gasteiger partial charge is 0.0654 e. The van der Waals surface area contributed by atoms with Crippen LogP contribution in [0.4, 0.5) is 0 Å². The van der Waals surface area contributed by atoms with Crippen molar-refractivity contribution in [3.05, 3.63) is 0 Å². The first-order chi connectivity index (χ1) is 14.7. The fourth-order valence-electron chi connectivity index (χ4n) is 5.02. The highest BCUT2D eigenvalue weighted by atomic mass is 31.2. The molecule has 0 aliphatic heterocycles. The first-order valence-electron chi connectivity index (χ1n) is 14.6. The quantitative estimate of drug-likeness (QED) is 0.0975. The summed E-state index contributed by atoms with van der Waals surface area (Å²) in [6.45, 7) is 9.53. The zero-order valence-electron chi connectivity index (χ0n) is 22.1. The lowest BCUT2D eigenvalue weighted by atomic mass is 10.1. The fourth-order valence-corrected chi connectivity index (χ4v) is 9.33. The van der Waals surface area contributed by atoms with Crippen LogP contribution < -0.4 is 0 Å². The van der Waals surface area contributed by atoms with Crippen molar-refractivity contribution >= 4 is 7.26 Å². The molecule has 0 aliphatic rings. The van der Waals surface area contributed by atoms with E-state index in [1.165, 1.54) is 122 Å². The average molecular weight is 442 g/mol. The smallest absolute Gasteiger partial charge is 0.0594 e. The van der Waals surface area contributed by atoms with Gasteiger partial charge in [-0.2, -0.15) is 0 Å². The van der Waals surface area contributed by atoms with Gasteiger partial charge in [0.15, 0.2) is 0 Å². The zero-order valence-corrected chi connectivity index (χ0v) is 23.0. The predicted molar refractivity (Wildman–Crippen MR) is 146 cm³/mol. The lowest BCUT2D eigenvalue weighted by Crippen LogP contribution is -2.11. The third-order valence-electron chi connectivity index (χ3n) is 7.38. The van der Waals surface area contributed by atoms with Crippen LogP contribution in [0, 0.1) is 0 Å². The highest BCUT2D eigenvalue weighted by molar-refractivity contribution is 7.75. The molecule has 0 saturated carbocycles. The lowest BCUT2D eigenvalue weighted by Gasteiger charge is -2.27. The van der Waals surface area contributed by atoms with Gasteiger partial charge in [0.25, 0.3) is 0 Å². The standard InChI is InChI=1S/C29H62P/c1-5-9-12-15-18-21-24-27-30(8-4,28-25-22-19-16-13-10-6-2)29-26-23-20-17-14-11-7-3/h5-29H2,1-4H3/q+1. The van der Waals surface area contributed by atoms with E-state index in [0.717, 1.165) is 0 Å². The van der Waals surface area contributed by atoms with E-state index in [9.17, 15) is 0 Å². The fraction of sp³-hybridized carbons (Fsp3) is 1.00. The van der Waals surface area contributed by atoms with E-state index >= 15 is 0 Å². The highest BCUT2D eigenvalue weighted by Gasteiger charge is 2.33. The van der Waals surface area contributed by atoms with Crippen molar-refractivity contribution in [3.8, 4) is 0 Å². The lowest BCUT2D eigenvalue weighted by molar-refractivity contribution is 0.595. The molecule has 0 radical (unpaired) electrons. The van der Waals surface area contributed by atoms with Gasteiger partial charge in [0.05, 0.1) is 24.6 Å². The molecule has 0 amide bonds. The summed E-state index contributed by atoms with van der Waals surface area (Å²) >= 11 is 0. The molecular formula is C29H62P+. The summed E-state index contributed by atoms with van der Waals surface area (Å²) in [4.78, 5) is 0. The first kappa shape index (κ1) is 30.4. The van der Waals surface area contributed by atoms with Crippen molar-refractivity contribution in [3.63, 3.8) is 0 Å². The SMILES string of the molecule is CCCCCCCCC[P+](CC)(CCCCCCCCC)CCCCCCCCC. The molecular weight excluding hydrogens is 379 g/mol. The third-order valence-corrected chi connectivity index (χ3v) is 12.5. The minimum Gasteiger partial charge on any atom is -0.0654 e. The van der Waals surface area contributed by atoms with Gasteiger partial charge < -0.3 is 0 Å². The number of hydrogen-bond acceptors (Lipinski definition) is 0. The van der Waals surface area contributed by atoms with Gasteiger partial charge >= 0.3 is 0 Å². The van der Waals surface area contributed by atoms with Crippen LogP contribution in [0.25, 0.3) is 0 Å². The van der Waals surface area contributed by atoms with Crippen LogP contribution in [0.3, 0.4) is 0 Å². The highest BCUT2D eigenvalue weighted by Crippen LogP contribution is 2.60. The van der Waals surface area contributed by atoms with E-state index in [1.54, 1.807) is 37.7 Å². The Morgan fingerprint density at radius 1 is 0.300 bits per heavy atom. The van der Waals surface area contributed by atoms with Gasteiger partial charge in [-0.25, -0.2) is 0 Å². The van der Waals surface area contributed by atoms with Crippen molar-refractivity contribution in [2.45, 2.75) is 163 Å². The van der Waals surface area contributed by atoms with Crippen molar-refractivity contribution in [1.29, 1.82) is 0 Å². The van der Waals surface area contributed by atoms with E-state index in [0.29, 0.717) is 0 Å². The van der Waals surface area contributed by atoms with Crippen molar-refractivity contribution in [2.24, 2.45) is 0 Å². The second-order valence-corrected chi connectivity index (χ2v) is 14.9. The molecule has 0 unspecified atom stereocenters. The Morgan fingerprint density at radius 3 is 0.767 bits per heavy atom. The molecule has 0 nitrogen and oxygen atoms in total. The molecule has 182 valence electrons. The van der Waals surface area contributed by atoms with E-state index in [4.69, 9.17) is 0 Å². The van der Waals surface area contributed by atoms with Crippen LogP contribution in [-0.4, -0.2) is 24.6 Å². The molecule has 0 aromatic heterocycles. The van der Waals surface area contributed by atoms with Crippen LogP contribution in [0.1, 0.15) is 163 Å². The van der Waals surface area contributed by atoms with Gasteiger partial charge in [-0.1, -0.05) is 117 Å². The number of rotatable bonds is 25. The Labute approximate surface area is 194 Å². The predicted octanol–water partition coefficient (Wildman–Crippen LogP) is 11.3. The molecule has 0 atom stereocenters. The van der Waals surface area contributed by atoms with Crippen molar-refractivity contribution in [1.82, 2.24) is 0 Å². The monoisotopic (exact) mass is 441 g/mol. The van der Waals surface area contributed by atoms with Crippen LogP contribution >= 0.6 is 7.26 Å². The van der Waals surface area contributed by atoms with Gasteiger partial charge in [-0.05, 0) is 45.4 Å². The van der Waals surface area contributed by atoms with Crippen molar-refractivity contribution < 1.29 is 0 Å². The zero-order chi connectivity index (χ0) is 22.2. The van der Waals surface area contributed by atoms with Gasteiger partial charge in [-0.15, -0.1) is 0 Å². The second-order valence-electron chi connectivity index (χ2n) is 10.2. The van der Waals surface area contributed by atoms with E-state index < -0.39 is 7.26 Å². The molecule has 0 aromatic carbocycles. The Morgan fingerprint density at radius 2 is 0.533 bits per heavy atom. The third kappa shape index (κ3) is 19.1. The maximum atomic E-state index is 2.55. The van der Waals surface area contributed by atoms with Crippen LogP contribution in [0.15, 0.2) is 0 Å². The molecule has 0 aliphatic carbocycles. The summed E-state index contributed by atoms with van der Waals surface area (Å²) in [6.07, 6.45) is 37.4. The molecule has 1 heteroatoms. The molecule has 0 fully saturated rings. The minimum absolute atomic E-state index is 0.661. The van der Waals surface area contributed by atoms with E-state index in [1.807, 2.05) is 0 Å². The summed E-state index contributed by atoms with van der Waals surface area (Å²) in [5.74, 6) is 0. The van der Waals surface area contributed by atoms with Crippen LogP contribution in [0.5, 0.6) is 0 Å².